The summed E-state index contributed by atoms with van der Waals surface area (Å²) in [6.07, 6.45) is 5.43. The summed E-state index contributed by atoms with van der Waals surface area (Å²) in [7, 11) is 0. The highest BCUT2D eigenvalue weighted by Crippen LogP contribution is 2.28. The number of hydrogen-bond acceptors (Lipinski definition) is 2. The fourth-order valence-corrected chi connectivity index (χ4v) is 4.24. The number of rotatable bonds is 4. The number of halogens is 1. The summed E-state index contributed by atoms with van der Waals surface area (Å²) in [5.41, 5.74) is 2.64. The molecule has 0 spiro atoms. The number of likely N-dealkylation sites (tertiary alicyclic amines) is 1. The topological polar surface area (TPSA) is 21.1 Å². The molecule has 0 N–H and O–H groups in total. The van der Waals surface area contributed by atoms with Crippen molar-refractivity contribution in [2.75, 3.05) is 6.54 Å². The van der Waals surface area contributed by atoms with Crippen LogP contribution >= 0.6 is 15.9 Å². The molecule has 1 fully saturated rings. The molecule has 2 atom stereocenters. The van der Waals surface area contributed by atoms with Crippen LogP contribution in [0.5, 0.6) is 0 Å². The van der Waals surface area contributed by atoms with E-state index >= 15 is 0 Å². The molecule has 4 heteroatoms. The van der Waals surface area contributed by atoms with Crippen molar-refractivity contribution >= 4 is 26.8 Å². The summed E-state index contributed by atoms with van der Waals surface area (Å²) in [6.45, 7) is 5.65. The van der Waals surface area contributed by atoms with Gasteiger partial charge in [-0.05, 0) is 52.9 Å². The van der Waals surface area contributed by atoms with Gasteiger partial charge in [0.1, 0.15) is 4.60 Å². The smallest absolute Gasteiger partial charge is 0.106 e. The van der Waals surface area contributed by atoms with Gasteiger partial charge in [-0.25, -0.2) is 4.98 Å². The van der Waals surface area contributed by atoms with Crippen LogP contribution in [-0.2, 0) is 13.1 Å². The van der Waals surface area contributed by atoms with Crippen molar-refractivity contribution in [2.24, 2.45) is 5.92 Å². The van der Waals surface area contributed by atoms with Gasteiger partial charge >= 0.3 is 0 Å². The largest absolute Gasteiger partial charge is 0.346 e. The van der Waals surface area contributed by atoms with Crippen molar-refractivity contribution < 1.29 is 0 Å². The molecule has 124 valence electrons. The number of aromatic nitrogens is 2. The van der Waals surface area contributed by atoms with E-state index in [1.165, 1.54) is 29.4 Å². The van der Waals surface area contributed by atoms with Gasteiger partial charge < -0.3 is 4.57 Å². The lowest BCUT2D eigenvalue weighted by atomic mass is 10.1. The van der Waals surface area contributed by atoms with Gasteiger partial charge in [-0.3, -0.25) is 4.90 Å². The molecular formula is C20H22BrN3. The first-order chi connectivity index (χ1) is 11.7. The summed E-state index contributed by atoms with van der Waals surface area (Å²) in [5, 5.41) is 1.25. The van der Waals surface area contributed by atoms with E-state index in [4.69, 9.17) is 0 Å². The molecule has 3 heterocycles. The molecule has 3 aromatic rings. The third-order valence-electron chi connectivity index (χ3n) is 5.10. The van der Waals surface area contributed by atoms with Crippen molar-refractivity contribution in [3.8, 4) is 0 Å². The molecular weight excluding hydrogens is 362 g/mol. The molecule has 1 aliphatic rings. The lowest BCUT2D eigenvalue weighted by Gasteiger charge is -2.21. The Labute approximate surface area is 151 Å². The fourth-order valence-electron chi connectivity index (χ4n) is 3.89. The summed E-state index contributed by atoms with van der Waals surface area (Å²) in [6, 6.07) is 15.7. The highest BCUT2D eigenvalue weighted by atomic mass is 79.9. The van der Waals surface area contributed by atoms with E-state index in [-0.39, 0.29) is 0 Å². The Kier molecular flexibility index (Phi) is 4.42. The molecule has 4 rings (SSSR count). The molecule has 0 saturated carbocycles. The Hall–Kier alpha value is -1.65. The van der Waals surface area contributed by atoms with E-state index in [0.717, 1.165) is 17.7 Å². The normalized spacial score (nSPS) is 21.6. The Balaban J connectivity index is 1.46. The van der Waals surface area contributed by atoms with Crippen LogP contribution < -0.4 is 0 Å². The molecule has 1 saturated heterocycles. The second-order valence-corrected chi connectivity index (χ2v) is 7.71. The maximum absolute atomic E-state index is 4.39. The van der Waals surface area contributed by atoms with Crippen molar-refractivity contribution in [3.63, 3.8) is 0 Å². The van der Waals surface area contributed by atoms with Crippen LogP contribution in [0.15, 0.2) is 59.5 Å². The molecule has 3 nitrogen and oxygen atoms in total. The van der Waals surface area contributed by atoms with E-state index < -0.39 is 0 Å². The minimum absolute atomic E-state index is 0.643. The van der Waals surface area contributed by atoms with Crippen LogP contribution in [0.1, 0.15) is 18.9 Å². The van der Waals surface area contributed by atoms with Crippen molar-refractivity contribution in [1.82, 2.24) is 14.5 Å². The molecule has 0 unspecified atom stereocenters. The first kappa shape index (κ1) is 15.9. The van der Waals surface area contributed by atoms with E-state index in [2.05, 4.69) is 86.0 Å². The number of pyridine rings is 1. The highest BCUT2D eigenvalue weighted by Gasteiger charge is 2.29. The molecule has 24 heavy (non-hydrogen) atoms. The van der Waals surface area contributed by atoms with Gasteiger partial charge in [-0.15, -0.1) is 0 Å². The number of nitrogens with zero attached hydrogens (tertiary/aromatic N) is 3. The van der Waals surface area contributed by atoms with Gasteiger partial charge in [0, 0.05) is 37.3 Å². The second kappa shape index (κ2) is 6.69. The van der Waals surface area contributed by atoms with E-state index in [0.29, 0.717) is 12.0 Å². The fraction of sp³-hybridized carbons (Fsp3) is 0.350. The Bertz CT molecular complexity index is 827. The number of hydrogen-bond donors (Lipinski definition) is 0. The number of benzene rings is 1. The predicted octanol–water partition coefficient (Wildman–Crippen LogP) is 4.71. The van der Waals surface area contributed by atoms with Crippen molar-refractivity contribution in [3.05, 3.63) is 65.0 Å². The van der Waals surface area contributed by atoms with Crippen LogP contribution in [0, 0.1) is 5.92 Å². The zero-order valence-corrected chi connectivity index (χ0v) is 15.5. The maximum atomic E-state index is 4.39. The average molecular weight is 384 g/mol. The Morgan fingerprint density at radius 2 is 2.04 bits per heavy atom. The third kappa shape index (κ3) is 3.26. The summed E-state index contributed by atoms with van der Waals surface area (Å²) in [5.74, 6) is 0.697. The van der Waals surface area contributed by atoms with E-state index in [1.807, 2.05) is 6.20 Å². The molecule has 1 aliphatic heterocycles. The second-order valence-electron chi connectivity index (χ2n) is 6.90. The van der Waals surface area contributed by atoms with Crippen LogP contribution in [0.2, 0.25) is 0 Å². The highest BCUT2D eigenvalue weighted by molar-refractivity contribution is 9.10. The van der Waals surface area contributed by atoms with Gasteiger partial charge in [0.05, 0.1) is 11.7 Å². The van der Waals surface area contributed by atoms with Gasteiger partial charge in [-0.1, -0.05) is 30.3 Å². The molecule has 1 aromatic carbocycles. The van der Waals surface area contributed by atoms with Crippen LogP contribution in [0.3, 0.4) is 0 Å². The minimum Gasteiger partial charge on any atom is -0.346 e. The zero-order valence-electron chi connectivity index (χ0n) is 13.9. The lowest BCUT2D eigenvalue weighted by molar-refractivity contribution is 0.253. The third-order valence-corrected chi connectivity index (χ3v) is 5.53. The molecule has 0 bridgehead atoms. The van der Waals surface area contributed by atoms with Crippen LogP contribution in [0.25, 0.3) is 10.9 Å². The molecule has 0 aliphatic carbocycles. The first-order valence-electron chi connectivity index (χ1n) is 8.57. The van der Waals surface area contributed by atoms with E-state index in [1.54, 1.807) is 0 Å². The zero-order chi connectivity index (χ0) is 16.5. The lowest BCUT2D eigenvalue weighted by Crippen LogP contribution is -2.26. The molecule has 0 radical (unpaired) electrons. The van der Waals surface area contributed by atoms with Gasteiger partial charge in [-0.2, -0.15) is 0 Å². The van der Waals surface area contributed by atoms with Crippen molar-refractivity contribution in [1.29, 1.82) is 0 Å². The summed E-state index contributed by atoms with van der Waals surface area (Å²) >= 11 is 3.45. The number of fused-ring (bicyclic) bond motifs is 1. The van der Waals surface area contributed by atoms with Gasteiger partial charge in [0.2, 0.25) is 0 Å². The standard InChI is InChI=1S/C20H22BrN3/c1-15-9-17(14-24(15)12-16-5-3-2-4-6-16)13-23-8-7-18-10-20(21)22-11-19(18)23/h2-8,10-11,15,17H,9,12-14H2,1H3/t15-,17-/m0/s1. The Morgan fingerprint density at radius 3 is 2.88 bits per heavy atom. The SMILES string of the molecule is C[C@H]1C[C@@H](Cn2ccc3cc(Br)ncc32)CN1Cc1ccccc1. The Morgan fingerprint density at radius 1 is 1.21 bits per heavy atom. The van der Waals surface area contributed by atoms with Gasteiger partial charge in [0.25, 0.3) is 0 Å². The summed E-state index contributed by atoms with van der Waals surface area (Å²) < 4.78 is 3.26. The molecule has 2 aromatic heterocycles. The van der Waals surface area contributed by atoms with Gasteiger partial charge in [0.15, 0.2) is 0 Å². The van der Waals surface area contributed by atoms with E-state index in [9.17, 15) is 0 Å². The monoisotopic (exact) mass is 383 g/mol. The van der Waals surface area contributed by atoms with Crippen LogP contribution in [0.4, 0.5) is 0 Å². The maximum Gasteiger partial charge on any atom is 0.106 e. The van der Waals surface area contributed by atoms with Crippen molar-refractivity contribution in [2.45, 2.75) is 32.5 Å². The first-order valence-corrected chi connectivity index (χ1v) is 9.37. The van der Waals surface area contributed by atoms with Crippen LogP contribution in [-0.4, -0.2) is 27.0 Å². The quantitative estimate of drug-likeness (QED) is 0.608. The average Bonchev–Trinajstić information content (AvgIpc) is 3.12. The summed E-state index contributed by atoms with van der Waals surface area (Å²) in [4.78, 5) is 7.00. The minimum atomic E-state index is 0.643. The predicted molar refractivity (Wildman–Crippen MR) is 102 cm³/mol. The molecule has 0 amide bonds.